The third-order valence-corrected chi connectivity index (χ3v) is 4.35. The number of carbonyl (C=O) groups is 1. The summed E-state index contributed by atoms with van der Waals surface area (Å²) >= 11 is 1.84. The quantitative estimate of drug-likeness (QED) is 0.783. The van der Waals surface area contributed by atoms with Crippen LogP contribution in [0.2, 0.25) is 0 Å². The molecular formula is C12H18N2O3S. The fraction of sp³-hybridized carbons (Fsp3) is 0.750. The van der Waals surface area contributed by atoms with Gasteiger partial charge in [0.15, 0.2) is 5.82 Å². The Morgan fingerprint density at radius 1 is 1.61 bits per heavy atom. The smallest absolute Gasteiger partial charge is 0.321 e. The largest absolute Gasteiger partial charge is 0.465 e. The zero-order chi connectivity index (χ0) is 13.2. The summed E-state index contributed by atoms with van der Waals surface area (Å²) in [6, 6.07) is 0. The van der Waals surface area contributed by atoms with Crippen molar-refractivity contribution in [2.24, 2.45) is 0 Å². The van der Waals surface area contributed by atoms with Crippen LogP contribution < -0.4 is 0 Å². The molecule has 1 fully saturated rings. The highest BCUT2D eigenvalue weighted by molar-refractivity contribution is 7.99. The van der Waals surface area contributed by atoms with Crippen molar-refractivity contribution in [2.75, 3.05) is 12.4 Å². The van der Waals surface area contributed by atoms with Gasteiger partial charge in [-0.3, -0.25) is 4.79 Å². The van der Waals surface area contributed by atoms with Crippen molar-refractivity contribution < 1.29 is 14.1 Å². The molecule has 0 radical (unpaired) electrons. The van der Waals surface area contributed by atoms with E-state index in [0.717, 1.165) is 12.2 Å². The fourth-order valence-corrected chi connectivity index (χ4v) is 3.00. The van der Waals surface area contributed by atoms with Crippen LogP contribution in [0.5, 0.6) is 0 Å². The van der Waals surface area contributed by atoms with Crippen LogP contribution in [0.15, 0.2) is 4.52 Å². The van der Waals surface area contributed by atoms with Gasteiger partial charge >= 0.3 is 5.97 Å². The first-order valence-electron chi connectivity index (χ1n) is 6.18. The van der Waals surface area contributed by atoms with Crippen LogP contribution in [0.3, 0.4) is 0 Å². The molecule has 2 rings (SSSR count). The molecule has 1 saturated heterocycles. The normalized spacial score (nSPS) is 20.1. The molecule has 0 aliphatic carbocycles. The summed E-state index contributed by atoms with van der Waals surface area (Å²) in [7, 11) is 0. The number of carbonyl (C=O) groups excluding carboxylic acids is 1. The van der Waals surface area contributed by atoms with Gasteiger partial charge in [-0.25, -0.2) is 0 Å². The van der Waals surface area contributed by atoms with E-state index in [0.29, 0.717) is 23.6 Å². The first-order valence-corrected chi connectivity index (χ1v) is 7.23. The summed E-state index contributed by atoms with van der Waals surface area (Å²) in [6.07, 6.45) is 2.25. The first-order chi connectivity index (χ1) is 8.55. The van der Waals surface area contributed by atoms with Gasteiger partial charge in [0, 0.05) is 0 Å². The topological polar surface area (TPSA) is 65.2 Å². The van der Waals surface area contributed by atoms with Gasteiger partial charge < -0.3 is 9.26 Å². The third-order valence-electron chi connectivity index (χ3n) is 2.98. The van der Waals surface area contributed by atoms with Crippen molar-refractivity contribution >= 4 is 17.7 Å². The minimum atomic E-state index is -0.884. The molecule has 1 atom stereocenters. The van der Waals surface area contributed by atoms with Crippen LogP contribution in [-0.2, 0) is 14.9 Å². The van der Waals surface area contributed by atoms with Gasteiger partial charge in [0.1, 0.15) is 5.41 Å². The van der Waals surface area contributed by atoms with Gasteiger partial charge in [0.25, 0.3) is 0 Å². The Kier molecular flexibility index (Phi) is 3.94. The Hall–Kier alpha value is -1.04. The Labute approximate surface area is 111 Å². The molecule has 0 aromatic carbocycles. The molecule has 1 aliphatic heterocycles. The molecule has 18 heavy (non-hydrogen) atoms. The van der Waals surface area contributed by atoms with Crippen LogP contribution in [0, 0.1) is 0 Å². The van der Waals surface area contributed by atoms with Gasteiger partial charge in [0.05, 0.1) is 11.9 Å². The second kappa shape index (κ2) is 5.30. The van der Waals surface area contributed by atoms with Crippen molar-refractivity contribution in [1.29, 1.82) is 0 Å². The molecule has 1 aliphatic rings. The highest BCUT2D eigenvalue weighted by Gasteiger charge is 2.38. The van der Waals surface area contributed by atoms with E-state index in [1.807, 2.05) is 11.8 Å². The standard InChI is InChI=1S/C12H18N2O3S/c1-4-16-11(15)12(2,3)10-13-9(14-17-10)8-6-5-7-18-8/h8H,4-7H2,1-3H3. The van der Waals surface area contributed by atoms with Crippen LogP contribution in [0.4, 0.5) is 0 Å². The lowest BCUT2D eigenvalue weighted by atomic mass is 9.94. The number of hydrogen-bond donors (Lipinski definition) is 0. The van der Waals surface area contributed by atoms with E-state index < -0.39 is 5.41 Å². The predicted molar refractivity (Wildman–Crippen MR) is 68.4 cm³/mol. The van der Waals surface area contributed by atoms with Gasteiger partial charge in [-0.1, -0.05) is 5.16 Å². The molecule has 0 saturated carbocycles. The van der Waals surface area contributed by atoms with E-state index in [2.05, 4.69) is 10.1 Å². The van der Waals surface area contributed by atoms with Crippen LogP contribution in [-0.4, -0.2) is 28.5 Å². The molecule has 0 amide bonds. The number of ether oxygens (including phenoxy) is 1. The molecular weight excluding hydrogens is 252 g/mol. The molecule has 2 heterocycles. The summed E-state index contributed by atoms with van der Waals surface area (Å²) in [5.74, 6) is 1.84. The van der Waals surface area contributed by atoms with E-state index >= 15 is 0 Å². The lowest BCUT2D eigenvalue weighted by Gasteiger charge is -2.17. The maximum atomic E-state index is 11.8. The Balaban J connectivity index is 2.15. The lowest BCUT2D eigenvalue weighted by molar-refractivity contribution is -0.149. The highest BCUT2D eigenvalue weighted by atomic mass is 32.2. The number of aromatic nitrogens is 2. The zero-order valence-electron chi connectivity index (χ0n) is 10.9. The van der Waals surface area contributed by atoms with Crippen molar-refractivity contribution in [3.8, 4) is 0 Å². The van der Waals surface area contributed by atoms with Gasteiger partial charge in [-0.2, -0.15) is 16.7 Å². The number of nitrogens with zero attached hydrogens (tertiary/aromatic N) is 2. The van der Waals surface area contributed by atoms with Crippen LogP contribution in [0.1, 0.15) is 50.6 Å². The van der Waals surface area contributed by atoms with E-state index in [4.69, 9.17) is 9.26 Å². The number of esters is 1. The van der Waals surface area contributed by atoms with Crippen molar-refractivity contribution in [3.63, 3.8) is 0 Å². The molecule has 0 spiro atoms. The maximum absolute atomic E-state index is 11.8. The minimum Gasteiger partial charge on any atom is -0.465 e. The molecule has 1 unspecified atom stereocenters. The second-order valence-electron chi connectivity index (χ2n) is 4.80. The molecule has 0 bridgehead atoms. The SMILES string of the molecule is CCOC(=O)C(C)(C)c1nc(C2CCCS2)no1. The van der Waals surface area contributed by atoms with E-state index in [1.165, 1.54) is 6.42 Å². The molecule has 5 nitrogen and oxygen atoms in total. The Bertz CT molecular complexity index is 425. The second-order valence-corrected chi connectivity index (χ2v) is 6.12. The monoisotopic (exact) mass is 270 g/mol. The summed E-state index contributed by atoms with van der Waals surface area (Å²) < 4.78 is 10.3. The number of hydrogen-bond acceptors (Lipinski definition) is 6. The summed E-state index contributed by atoms with van der Waals surface area (Å²) in [6.45, 7) is 5.61. The third kappa shape index (κ3) is 2.53. The van der Waals surface area contributed by atoms with Crippen molar-refractivity contribution in [3.05, 3.63) is 11.7 Å². The van der Waals surface area contributed by atoms with Crippen LogP contribution >= 0.6 is 11.8 Å². The molecule has 100 valence electrons. The van der Waals surface area contributed by atoms with Gasteiger partial charge in [-0.05, 0) is 39.4 Å². The van der Waals surface area contributed by atoms with E-state index in [1.54, 1.807) is 20.8 Å². The fourth-order valence-electron chi connectivity index (χ4n) is 1.80. The predicted octanol–water partition coefficient (Wildman–Crippen LogP) is 2.48. The molecule has 1 aromatic rings. The summed E-state index contributed by atoms with van der Waals surface area (Å²) in [5, 5.41) is 4.30. The molecule has 6 heteroatoms. The minimum absolute atomic E-state index is 0.306. The summed E-state index contributed by atoms with van der Waals surface area (Å²) in [4.78, 5) is 16.2. The highest BCUT2D eigenvalue weighted by Crippen LogP contribution is 2.39. The molecule has 1 aromatic heterocycles. The maximum Gasteiger partial charge on any atom is 0.321 e. The number of thioether (sulfide) groups is 1. The Morgan fingerprint density at radius 2 is 2.39 bits per heavy atom. The molecule has 0 N–H and O–H groups in total. The average Bonchev–Trinajstić information content (AvgIpc) is 3.00. The van der Waals surface area contributed by atoms with Gasteiger partial charge in [0.2, 0.25) is 5.89 Å². The Morgan fingerprint density at radius 3 is 3.00 bits per heavy atom. The van der Waals surface area contributed by atoms with Crippen molar-refractivity contribution in [2.45, 2.75) is 44.3 Å². The van der Waals surface area contributed by atoms with Crippen molar-refractivity contribution in [1.82, 2.24) is 10.1 Å². The average molecular weight is 270 g/mol. The summed E-state index contributed by atoms with van der Waals surface area (Å²) in [5.41, 5.74) is -0.884. The lowest BCUT2D eigenvalue weighted by Crippen LogP contribution is -2.31. The van der Waals surface area contributed by atoms with Crippen LogP contribution in [0.25, 0.3) is 0 Å². The van der Waals surface area contributed by atoms with E-state index in [9.17, 15) is 4.79 Å². The zero-order valence-corrected chi connectivity index (χ0v) is 11.7. The van der Waals surface area contributed by atoms with E-state index in [-0.39, 0.29) is 5.97 Å². The first kappa shape index (κ1) is 13.4. The number of rotatable bonds is 4. The van der Waals surface area contributed by atoms with Gasteiger partial charge in [-0.15, -0.1) is 0 Å².